The van der Waals surface area contributed by atoms with Gasteiger partial charge in [0.2, 0.25) is 21.8 Å². The van der Waals surface area contributed by atoms with E-state index in [1.807, 2.05) is 0 Å². The van der Waals surface area contributed by atoms with Crippen molar-refractivity contribution in [3.63, 3.8) is 0 Å². The van der Waals surface area contributed by atoms with Crippen LogP contribution in [0.15, 0.2) is 0 Å². The summed E-state index contributed by atoms with van der Waals surface area (Å²) in [5.41, 5.74) is -0.740. The Hall–Kier alpha value is -0.990. The number of nitrogens with zero attached hydrogens (tertiary/aromatic N) is 1. The molecule has 0 aromatic rings. The number of hydrogen-bond acceptors (Lipinski definition) is 5. The second-order valence-electron chi connectivity index (χ2n) is 4.47. The Kier molecular flexibility index (Phi) is 2.96. The molecular formula is C9H14N2O5S. The molecule has 2 aliphatic heterocycles. The molecule has 7 nitrogen and oxygen atoms in total. The predicted octanol–water partition coefficient (Wildman–Crippen LogP) is -1.95. The maximum atomic E-state index is 11.6. The molecule has 1 spiro atoms. The molecule has 0 aromatic heterocycles. The van der Waals surface area contributed by atoms with E-state index in [4.69, 9.17) is 5.11 Å². The van der Waals surface area contributed by atoms with Crippen LogP contribution in [-0.2, 0) is 19.6 Å². The Bertz CT molecular complexity index is 452. The Morgan fingerprint density at radius 3 is 2.53 bits per heavy atom. The van der Waals surface area contributed by atoms with Gasteiger partial charge in [0.05, 0.1) is 17.8 Å². The molecule has 0 unspecified atom stereocenters. The average Bonchev–Trinajstić information content (AvgIpc) is 2.14. The topological polar surface area (TPSA) is 104 Å². The molecule has 2 amide bonds. The number of sulfonamides is 1. The van der Waals surface area contributed by atoms with E-state index in [9.17, 15) is 18.0 Å². The first-order valence-corrected chi connectivity index (χ1v) is 6.93. The van der Waals surface area contributed by atoms with Crippen LogP contribution in [-0.4, -0.2) is 55.1 Å². The summed E-state index contributed by atoms with van der Waals surface area (Å²) in [6.45, 7) is -0.223. The number of piperidine rings is 1. The van der Waals surface area contributed by atoms with Crippen LogP contribution in [0.2, 0.25) is 0 Å². The predicted molar refractivity (Wildman–Crippen MR) is 57.3 cm³/mol. The molecule has 2 saturated heterocycles. The van der Waals surface area contributed by atoms with Gasteiger partial charge in [-0.2, -0.15) is 4.31 Å². The van der Waals surface area contributed by atoms with E-state index in [-0.39, 0.29) is 37.1 Å². The third-order valence-electron chi connectivity index (χ3n) is 3.27. The molecule has 2 fully saturated rings. The summed E-state index contributed by atoms with van der Waals surface area (Å²) in [5, 5.41) is 10.9. The SMILES string of the molecule is O=C1CCC2(CN(S(=O)(=O)CCO)C2)C(=O)N1. The first-order valence-electron chi connectivity index (χ1n) is 5.33. The van der Waals surface area contributed by atoms with Crippen LogP contribution in [0, 0.1) is 5.41 Å². The van der Waals surface area contributed by atoms with Gasteiger partial charge in [0, 0.05) is 19.5 Å². The lowest BCUT2D eigenvalue weighted by molar-refractivity contribution is -0.147. The highest BCUT2D eigenvalue weighted by Gasteiger charge is 2.54. The molecule has 2 aliphatic rings. The second kappa shape index (κ2) is 4.04. The van der Waals surface area contributed by atoms with Crippen LogP contribution in [0.1, 0.15) is 12.8 Å². The summed E-state index contributed by atoms with van der Waals surface area (Å²) in [4.78, 5) is 22.6. The van der Waals surface area contributed by atoms with Crippen molar-refractivity contribution in [2.45, 2.75) is 12.8 Å². The zero-order chi connectivity index (χ0) is 12.7. The van der Waals surface area contributed by atoms with E-state index in [1.54, 1.807) is 0 Å². The molecule has 8 heteroatoms. The van der Waals surface area contributed by atoms with E-state index in [0.717, 1.165) is 0 Å². The van der Waals surface area contributed by atoms with E-state index < -0.39 is 22.0 Å². The minimum Gasteiger partial charge on any atom is -0.395 e. The van der Waals surface area contributed by atoms with Crippen LogP contribution in [0.25, 0.3) is 0 Å². The summed E-state index contributed by atoms with van der Waals surface area (Å²) in [5.74, 6) is -1.02. The van der Waals surface area contributed by atoms with Crippen molar-refractivity contribution < 1.29 is 23.1 Å². The first-order chi connectivity index (χ1) is 7.89. The molecule has 17 heavy (non-hydrogen) atoms. The van der Waals surface area contributed by atoms with Crippen LogP contribution in [0.4, 0.5) is 0 Å². The van der Waals surface area contributed by atoms with Crippen molar-refractivity contribution in [2.24, 2.45) is 5.41 Å². The number of carbonyl (C=O) groups is 2. The zero-order valence-electron chi connectivity index (χ0n) is 9.18. The number of aliphatic hydroxyl groups is 1. The third kappa shape index (κ3) is 2.07. The lowest BCUT2D eigenvalue weighted by Crippen LogP contribution is -2.67. The molecule has 96 valence electrons. The van der Waals surface area contributed by atoms with Gasteiger partial charge >= 0.3 is 0 Å². The van der Waals surface area contributed by atoms with Crippen molar-refractivity contribution in [3.05, 3.63) is 0 Å². The number of hydrogen-bond donors (Lipinski definition) is 2. The summed E-state index contributed by atoms with van der Waals surface area (Å²) >= 11 is 0. The molecule has 2 N–H and O–H groups in total. The standard InChI is InChI=1S/C9H14N2O5S/c12-3-4-17(15,16)11-5-9(6-11)2-1-7(13)10-8(9)14/h12H,1-6H2,(H,10,13,14). The quantitative estimate of drug-likeness (QED) is 0.575. The van der Waals surface area contributed by atoms with Crippen molar-refractivity contribution in [1.82, 2.24) is 9.62 Å². The lowest BCUT2D eigenvalue weighted by Gasteiger charge is -2.49. The summed E-state index contributed by atoms with van der Waals surface area (Å²) in [7, 11) is -3.47. The smallest absolute Gasteiger partial charge is 0.235 e. The summed E-state index contributed by atoms with van der Waals surface area (Å²) in [6.07, 6.45) is 0.641. The fraction of sp³-hybridized carbons (Fsp3) is 0.778. The minimum atomic E-state index is -3.47. The fourth-order valence-electron chi connectivity index (χ4n) is 2.16. The van der Waals surface area contributed by atoms with Crippen molar-refractivity contribution in [1.29, 1.82) is 0 Å². The highest BCUT2D eigenvalue weighted by molar-refractivity contribution is 7.89. The maximum Gasteiger partial charge on any atom is 0.235 e. The normalized spacial score (nSPS) is 24.5. The molecule has 0 bridgehead atoms. The van der Waals surface area contributed by atoms with Gasteiger partial charge in [-0.25, -0.2) is 8.42 Å². The number of carbonyl (C=O) groups excluding carboxylic acids is 2. The monoisotopic (exact) mass is 262 g/mol. The van der Waals surface area contributed by atoms with E-state index in [1.165, 1.54) is 4.31 Å². The van der Waals surface area contributed by atoms with Gasteiger partial charge in [0.1, 0.15) is 0 Å². The Morgan fingerprint density at radius 1 is 1.35 bits per heavy atom. The summed E-state index contributed by atoms with van der Waals surface area (Å²) < 4.78 is 24.3. The van der Waals surface area contributed by atoms with Gasteiger partial charge in [-0.15, -0.1) is 0 Å². The van der Waals surface area contributed by atoms with Crippen LogP contribution >= 0.6 is 0 Å². The number of amides is 2. The lowest BCUT2D eigenvalue weighted by atomic mass is 9.74. The molecule has 2 heterocycles. The number of rotatable bonds is 3. The van der Waals surface area contributed by atoms with Crippen LogP contribution < -0.4 is 5.32 Å². The van der Waals surface area contributed by atoms with E-state index in [2.05, 4.69) is 5.32 Å². The van der Waals surface area contributed by atoms with Crippen LogP contribution in [0.3, 0.4) is 0 Å². The zero-order valence-corrected chi connectivity index (χ0v) is 9.99. The van der Waals surface area contributed by atoms with Gasteiger partial charge in [-0.3, -0.25) is 14.9 Å². The van der Waals surface area contributed by atoms with Gasteiger partial charge in [-0.1, -0.05) is 0 Å². The fourth-order valence-corrected chi connectivity index (χ4v) is 3.54. The van der Waals surface area contributed by atoms with Gasteiger partial charge < -0.3 is 5.11 Å². The van der Waals surface area contributed by atoms with Gasteiger partial charge in [-0.05, 0) is 6.42 Å². The van der Waals surface area contributed by atoms with Crippen LogP contribution in [0.5, 0.6) is 0 Å². The molecular weight excluding hydrogens is 248 g/mol. The molecule has 0 saturated carbocycles. The van der Waals surface area contributed by atoms with Crippen molar-refractivity contribution in [3.8, 4) is 0 Å². The first kappa shape index (κ1) is 12.5. The van der Waals surface area contributed by atoms with Gasteiger partial charge in [0.25, 0.3) is 0 Å². The minimum absolute atomic E-state index is 0.106. The maximum absolute atomic E-state index is 11.6. The highest BCUT2D eigenvalue weighted by Crippen LogP contribution is 2.39. The Labute approximate surface area is 98.8 Å². The average molecular weight is 262 g/mol. The molecule has 0 aliphatic carbocycles. The van der Waals surface area contributed by atoms with E-state index >= 15 is 0 Å². The Balaban J connectivity index is 2.02. The number of nitrogens with one attached hydrogen (secondary N) is 1. The largest absolute Gasteiger partial charge is 0.395 e. The molecule has 0 radical (unpaired) electrons. The third-order valence-corrected chi connectivity index (χ3v) is 5.01. The molecule has 0 aromatic carbocycles. The molecule has 2 rings (SSSR count). The molecule has 0 atom stereocenters. The summed E-state index contributed by atoms with van der Waals surface area (Å²) in [6, 6.07) is 0. The number of aliphatic hydroxyl groups excluding tert-OH is 1. The van der Waals surface area contributed by atoms with Crippen molar-refractivity contribution in [2.75, 3.05) is 25.4 Å². The Morgan fingerprint density at radius 2 is 2.00 bits per heavy atom. The highest BCUT2D eigenvalue weighted by atomic mass is 32.2. The second-order valence-corrected chi connectivity index (χ2v) is 6.55. The van der Waals surface area contributed by atoms with Crippen molar-refractivity contribution >= 4 is 21.8 Å². The van der Waals surface area contributed by atoms with E-state index in [0.29, 0.717) is 6.42 Å². The number of imide groups is 1. The van der Waals surface area contributed by atoms with Gasteiger partial charge in [0.15, 0.2) is 0 Å².